The van der Waals surface area contributed by atoms with Gasteiger partial charge in [-0.1, -0.05) is 25.1 Å². The van der Waals surface area contributed by atoms with Crippen LogP contribution in [0.4, 0.5) is 0 Å². The summed E-state index contributed by atoms with van der Waals surface area (Å²) in [6.07, 6.45) is 1.75. The van der Waals surface area contributed by atoms with Gasteiger partial charge in [-0.2, -0.15) is 0 Å². The number of aromatic hydroxyl groups is 1. The molecule has 0 aliphatic carbocycles. The zero-order valence-corrected chi connectivity index (χ0v) is 12.8. The van der Waals surface area contributed by atoms with Gasteiger partial charge in [0, 0.05) is 0 Å². The van der Waals surface area contributed by atoms with Crippen molar-refractivity contribution in [3.8, 4) is 17.2 Å². The summed E-state index contributed by atoms with van der Waals surface area (Å²) in [7, 11) is 1.56. The monoisotopic (exact) mass is 286 g/mol. The molecule has 0 saturated carbocycles. The lowest BCUT2D eigenvalue weighted by Crippen LogP contribution is -1.98. The van der Waals surface area contributed by atoms with Crippen LogP contribution in [0.2, 0.25) is 0 Å². The van der Waals surface area contributed by atoms with E-state index in [4.69, 9.17) is 9.47 Å². The lowest BCUT2D eigenvalue weighted by molar-refractivity contribution is 0.336. The normalized spacial score (nSPS) is 10.4. The highest BCUT2D eigenvalue weighted by atomic mass is 16.5. The number of ether oxygens (including phenoxy) is 2. The van der Waals surface area contributed by atoms with Crippen LogP contribution in [-0.4, -0.2) is 18.8 Å². The van der Waals surface area contributed by atoms with Crippen molar-refractivity contribution in [2.75, 3.05) is 13.7 Å². The average molecular weight is 286 g/mol. The minimum absolute atomic E-state index is 0.169. The Balaban J connectivity index is 2.23. The van der Waals surface area contributed by atoms with Crippen molar-refractivity contribution in [2.24, 2.45) is 0 Å². The van der Waals surface area contributed by atoms with Crippen LogP contribution in [0.5, 0.6) is 17.2 Å². The van der Waals surface area contributed by atoms with Gasteiger partial charge >= 0.3 is 0 Å². The second kappa shape index (κ2) is 7.02. The molecule has 0 amide bonds. The number of benzene rings is 2. The predicted octanol–water partition coefficient (Wildman–Crippen LogP) is 3.95. The van der Waals surface area contributed by atoms with E-state index >= 15 is 0 Å². The SMILES string of the molecule is CCOc1ccc(Cc2ccc(O)c(OC)c2)cc1CC. The van der Waals surface area contributed by atoms with Gasteiger partial charge in [0.1, 0.15) is 5.75 Å². The minimum Gasteiger partial charge on any atom is -0.504 e. The quantitative estimate of drug-likeness (QED) is 0.873. The highest BCUT2D eigenvalue weighted by Gasteiger charge is 2.06. The van der Waals surface area contributed by atoms with Crippen molar-refractivity contribution >= 4 is 0 Å². The van der Waals surface area contributed by atoms with E-state index in [9.17, 15) is 5.11 Å². The summed E-state index contributed by atoms with van der Waals surface area (Å²) >= 11 is 0. The molecule has 2 aromatic rings. The first kappa shape index (κ1) is 15.2. The van der Waals surface area contributed by atoms with E-state index in [0.717, 1.165) is 24.2 Å². The number of phenolic OH excluding ortho intramolecular Hbond substituents is 1. The molecule has 0 heterocycles. The molecule has 112 valence electrons. The van der Waals surface area contributed by atoms with Crippen LogP contribution in [0.15, 0.2) is 36.4 Å². The standard InChI is InChI=1S/C18H22O3/c1-4-15-11-13(7-9-17(15)21-5-2)10-14-6-8-16(19)18(12-14)20-3/h6-9,11-12,19H,4-5,10H2,1-3H3. The number of hydrogen-bond donors (Lipinski definition) is 1. The highest BCUT2D eigenvalue weighted by Crippen LogP contribution is 2.28. The molecule has 0 saturated heterocycles. The number of rotatable bonds is 6. The van der Waals surface area contributed by atoms with Crippen LogP contribution in [0, 0.1) is 0 Å². The lowest BCUT2D eigenvalue weighted by atomic mass is 10.0. The van der Waals surface area contributed by atoms with Crippen molar-refractivity contribution < 1.29 is 14.6 Å². The molecule has 0 spiro atoms. The van der Waals surface area contributed by atoms with Gasteiger partial charge < -0.3 is 14.6 Å². The molecule has 0 radical (unpaired) electrons. The largest absolute Gasteiger partial charge is 0.504 e. The number of phenols is 1. The second-order valence-corrected chi connectivity index (χ2v) is 4.91. The van der Waals surface area contributed by atoms with Crippen LogP contribution in [0.25, 0.3) is 0 Å². The zero-order valence-electron chi connectivity index (χ0n) is 12.8. The maximum Gasteiger partial charge on any atom is 0.160 e. The molecule has 0 bridgehead atoms. The predicted molar refractivity (Wildman–Crippen MR) is 84.5 cm³/mol. The summed E-state index contributed by atoms with van der Waals surface area (Å²) in [5.74, 6) is 1.64. The Morgan fingerprint density at radius 2 is 1.67 bits per heavy atom. The summed E-state index contributed by atoms with van der Waals surface area (Å²) in [4.78, 5) is 0. The van der Waals surface area contributed by atoms with E-state index in [1.54, 1.807) is 13.2 Å². The van der Waals surface area contributed by atoms with Gasteiger partial charge in [-0.15, -0.1) is 0 Å². The smallest absolute Gasteiger partial charge is 0.160 e. The molecule has 21 heavy (non-hydrogen) atoms. The Bertz CT molecular complexity index is 605. The molecular weight excluding hydrogens is 264 g/mol. The molecule has 0 fully saturated rings. The Morgan fingerprint density at radius 3 is 2.33 bits per heavy atom. The van der Waals surface area contributed by atoms with Gasteiger partial charge in [0.15, 0.2) is 11.5 Å². The van der Waals surface area contributed by atoms with Gasteiger partial charge in [0.2, 0.25) is 0 Å². The average Bonchev–Trinajstić information content (AvgIpc) is 2.51. The number of hydrogen-bond acceptors (Lipinski definition) is 3. The molecule has 0 aliphatic rings. The summed E-state index contributed by atoms with van der Waals surface area (Å²) in [6.45, 7) is 4.81. The summed E-state index contributed by atoms with van der Waals surface area (Å²) in [5.41, 5.74) is 3.55. The van der Waals surface area contributed by atoms with Crippen molar-refractivity contribution in [3.63, 3.8) is 0 Å². The highest BCUT2D eigenvalue weighted by molar-refractivity contribution is 5.44. The Morgan fingerprint density at radius 1 is 0.952 bits per heavy atom. The van der Waals surface area contributed by atoms with Gasteiger partial charge in [-0.25, -0.2) is 0 Å². The van der Waals surface area contributed by atoms with Crippen LogP contribution < -0.4 is 9.47 Å². The Kier molecular flexibility index (Phi) is 5.09. The number of aryl methyl sites for hydroxylation is 1. The fraction of sp³-hybridized carbons (Fsp3) is 0.333. The van der Waals surface area contributed by atoms with Gasteiger partial charge in [0.25, 0.3) is 0 Å². The molecule has 3 nitrogen and oxygen atoms in total. The van der Waals surface area contributed by atoms with E-state index in [1.165, 1.54) is 11.1 Å². The topological polar surface area (TPSA) is 38.7 Å². The van der Waals surface area contributed by atoms with Gasteiger partial charge in [-0.05, 0) is 54.7 Å². The molecule has 0 aromatic heterocycles. The summed E-state index contributed by atoms with van der Waals surface area (Å²) in [5, 5.41) is 9.64. The molecule has 1 N–H and O–H groups in total. The van der Waals surface area contributed by atoms with Crippen molar-refractivity contribution in [1.29, 1.82) is 0 Å². The fourth-order valence-electron chi connectivity index (χ4n) is 2.38. The van der Waals surface area contributed by atoms with Crippen molar-refractivity contribution in [1.82, 2.24) is 0 Å². The first-order valence-corrected chi connectivity index (χ1v) is 7.28. The third-order valence-electron chi connectivity index (χ3n) is 3.46. The van der Waals surface area contributed by atoms with Crippen LogP contribution in [0.3, 0.4) is 0 Å². The van der Waals surface area contributed by atoms with E-state index in [-0.39, 0.29) is 5.75 Å². The van der Waals surface area contributed by atoms with E-state index in [2.05, 4.69) is 19.1 Å². The summed E-state index contributed by atoms with van der Waals surface area (Å²) < 4.78 is 10.8. The molecule has 0 unspecified atom stereocenters. The Labute approximate surface area is 126 Å². The lowest BCUT2D eigenvalue weighted by Gasteiger charge is -2.11. The molecule has 2 aromatic carbocycles. The molecule has 2 rings (SSSR count). The second-order valence-electron chi connectivity index (χ2n) is 4.91. The third kappa shape index (κ3) is 3.69. The fourth-order valence-corrected chi connectivity index (χ4v) is 2.38. The first-order valence-electron chi connectivity index (χ1n) is 7.28. The van der Waals surface area contributed by atoms with Crippen molar-refractivity contribution in [3.05, 3.63) is 53.1 Å². The molecule has 0 atom stereocenters. The van der Waals surface area contributed by atoms with Crippen LogP contribution >= 0.6 is 0 Å². The molecular formula is C18H22O3. The van der Waals surface area contributed by atoms with E-state index in [1.807, 2.05) is 25.1 Å². The Hall–Kier alpha value is -2.16. The number of methoxy groups -OCH3 is 1. The van der Waals surface area contributed by atoms with Crippen LogP contribution in [0.1, 0.15) is 30.5 Å². The molecule has 3 heteroatoms. The molecule has 0 aliphatic heterocycles. The van der Waals surface area contributed by atoms with Crippen molar-refractivity contribution in [2.45, 2.75) is 26.7 Å². The van der Waals surface area contributed by atoms with E-state index in [0.29, 0.717) is 12.4 Å². The maximum absolute atomic E-state index is 9.64. The zero-order chi connectivity index (χ0) is 15.2. The van der Waals surface area contributed by atoms with Gasteiger partial charge in [-0.3, -0.25) is 0 Å². The third-order valence-corrected chi connectivity index (χ3v) is 3.46. The van der Waals surface area contributed by atoms with E-state index < -0.39 is 0 Å². The first-order chi connectivity index (χ1) is 10.2. The minimum atomic E-state index is 0.169. The van der Waals surface area contributed by atoms with Gasteiger partial charge in [0.05, 0.1) is 13.7 Å². The summed E-state index contributed by atoms with van der Waals surface area (Å²) in [6, 6.07) is 11.8. The maximum atomic E-state index is 9.64. The van der Waals surface area contributed by atoms with Crippen LogP contribution in [-0.2, 0) is 12.8 Å².